The molecule has 0 aliphatic carbocycles. The van der Waals surface area contributed by atoms with Crippen LogP contribution in [-0.4, -0.2) is 30.7 Å². The molecule has 0 radical (unpaired) electrons. The monoisotopic (exact) mass is 578 g/mol. The number of ether oxygens (including phenoxy) is 3. The fraction of sp³-hybridized carbons (Fsp3) is 0.0882. The van der Waals surface area contributed by atoms with E-state index >= 15 is 0 Å². The molecule has 0 N–H and O–H groups in total. The van der Waals surface area contributed by atoms with Gasteiger partial charge in [0.05, 0.1) is 43.3 Å². The Bertz CT molecular complexity index is 1820. The van der Waals surface area contributed by atoms with Gasteiger partial charge in [-0.1, -0.05) is 102 Å². The van der Waals surface area contributed by atoms with Crippen LogP contribution < -0.4 is 14.2 Å². The molecule has 0 aliphatic heterocycles. The number of hydrogen-bond acceptors (Lipinski definition) is 5. The topological polar surface area (TPSA) is 45.0 Å². The Morgan fingerprint density at radius 3 is 1.90 bits per heavy atom. The smallest absolute Gasteiger partial charge is 0.203 e. The lowest BCUT2D eigenvalue weighted by molar-refractivity contribution is 0.324. The molecule has 0 aliphatic rings. The number of fused-ring (bicyclic) bond motifs is 1. The summed E-state index contributed by atoms with van der Waals surface area (Å²) >= 11 is 7.92. The van der Waals surface area contributed by atoms with Gasteiger partial charge < -0.3 is 14.2 Å². The van der Waals surface area contributed by atoms with Gasteiger partial charge in [-0.15, -0.1) is 0 Å². The van der Waals surface area contributed by atoms with E-state index in [0.29, 0.717) is 22.3 Å². The summed E-state index contributed by atoms with van der Waals surface area (Å²) < 4.78 is 19.0. The van der Waals surface area contributed by atoms with Crippen molar-refractivity contribution in [2.24, 2.45) is 0 Å². The number of imidazole rings is 1. The molecular weight excluding hydrogens is 552 g/mol. The van der Waals surface area contributed by atoms with Gasteiger partial charge in [-0.05, 0) is 41.5 Å². The van der Waals surface area contributed by atoms with E-state index < -0.39 is 0 Å². The highest BCUT2D eigenvalue weighted by Gasteiger charge is 2.23. The van der Waals surface area contributed by atoms with E-state index in [2.05, 4.69) is 59.0 Å². The SMILES string of the molecule is COc1cc(/C=C/c2c(-c3ccc(Cl)cc3)nc3sc(-c4ccccc4)c(-c4ccccc4)n23)cc(OC)c1OC. The lowest BCUT2D eigenvalue weighted by Gasteiger charge is -2.13. The predicted molar refractivity (Wildman–Crippen MR) is 169 cm³/mol. The van der Waals surface area contributed by atoms with Gasteiger partial charge >= 0.3 is 0 Å². The van der Waals surface area contributed by atoms with E-state index in [9.17, 15) is 0 Å². The first-order chi connectivity index (χ1) is 20.1. The van der Waals surface area contributed by atoms with Crippen molar-refractivity contribution in [2.45, 2.75) is 0 Å². The Labute approximate surface area is 247 Å². The van der Waals surface area contributed by atoms with E-state index in [1.165, 1.54) is 0 Å². The maximum Gasteiger partial charge on any atom is 0.203 e. The van der Waals surface area contributed by atoms with Crippen molar-refractivity contribution >= 4 is 40.1 Å². The first kappa shape index (κ1) is 26.7. The molecule has 4 aromatic carbocycles. The summed E-state index contributed by atoms with van der Waals surface area (Å²) in [4.78, 5) is 7.23. The van der Waals surface area contributed by atoms with E-state index in [1.807, 2.05) is 54.6 Å². The molecule has 204 valence electrons. The minimum absolute atomic E-state index is 0.553. The van der Waals surface area contributed by atoms with Crippen molar-refractivity contribution in [1.29, 1.82) is 0 Å². The summed E-state index contributed by atoms with van der Waals surface area (Å²) in [6.07, 6.45) is 4.14. The zero-order valence-electron chi connectivity index (χ0n) is 22.8. The molecule has 41 heavy (non-hydrogen) atoms. The Morgan fingerprint density at radius 2 is 1.32 bits per heavy atom. The molecule has 2 aromatic heterocycles. The number of methoxy groups -OCH3 is 3. The average molecular weight is 579 g/mol. The molecule has 6 aromatic rings. The summed E-state index contributed by atoms with van der Waals surface area (Å²) in [6.45, 7) is 0. The maximum absolute atomic E-state index is 6.24. The second-order valence-corrected chi connectivity index (χ2v) is 10.7. The van der Waals surface area contributed by atoms with Gasteiger partial charge in [-0.2, -0.15) is 0 Å². The van der Waals surface area contributed by atoms with Crippen LogP contribution in [0.1, 0.15) is 11.3 Å². The van der Waals surface area contributed by atoms with E-state index in [1.54, 1.807) is 32.7 Å². The van der Waals surface area contributed by atoms with Crippen LogP contribution in [0.4, 0.5) is 0 Å². The van der Waals surface area contributed by atoms with Crippen LogP contribution in [0.5, 0.6) is 17.2 Å². The maximum atomic E-state index is 6.24. The first-order valence-corrected chi connectivity index (χ1v) is 14.2. The molecule has 6 rings (SSSR count). The molecule has 0 saturated carbocycles. The van der Waals surface area contributed by atoms with Gasteiger partial charge in [0, 0.05) is 16.1 Å². The van der Waals surface area contributed by atoms with E-state index in [-0.39, 0.29) is 0 Å². The van der Waals surface area contributed by atoms with Gasteiger partial charge in [-0.3, -0.25) is 4.40 Å². The van der Waals surface area contributed by atoms with E-state index in [4.69, 9.17) is 30.8 Å². The number of nitrogens with zero attached hydrogens (tertiary/aromatic N) is 2. The van der Waals surface area contributed by atoms with Gasteiger partial charge in [0.25, 0.3) is 0 Å². The number of aromatic nitrogens is 2. The molecule has 2 heterocycles. The Morgan fingerprint density at radius 1 is 0.707 bits per heavy atom. The Balaban J connectivity index is 1.62. The number of rotatable bonds is 8. The molecule has 0 atom stereocenters. The Kier molecular flexibility index (Phi) is 7.51. The van der Waals surface area contributed by atoms with Crippen LogP contribution in [0.25, 0.3) is 50.1 Å². The predicted octanol–water partition coefficient (Wildman–Crippen LogP) is 9.25. The molecule has 0 fully saturated rings. The third kappa shape index (κ3) is 5.08. The zero-order valence-corrected chi connectivity index (χ0v) is 24.4. The average Bonchev–Trinajstić information content (AvgIpc) is 3.57. The first-order valence-electron chi connectivity index (χ1n) is 13.0. The molecule has 0 unspecified atom stereocenters. The lowest BCUT2D eigenvalue weighted by atomic mass is 10.1. The zero-order chi connectivity index (χ0) is 28.3. The molecule has 5 nitrogen and oxygen atoms in total. The quantitative estimate of drug-likeness (QED) is 0.180. The van der Waals surface area contributed by atoms with Gasteiger partial charge in [-0.25, -0.2) is 4.98 Å². The summed E-state index contributed by atoms with van der Waals surface area (Å²) in [6, 6.07) is 32.6. The summed E-state index contributed by atoms with van der Waals surface area (Å²) in [5.74, 6) is 1.74. The standard InChI is InChI=1S/C34H27ClN2O3S/c1-38-28-20-22(21-29(39-2)32(28)40-3)14-19-27-30(23-15-17-26(35)18-16-23)36-34-37(27)31(24-10-6-4-7-11-24)33(41-34)25-12-8-5-9-13-25/h4-21H,1-3H3/b19-14+. The molecule has 0 bridgehead atoms. The number of halogens is 1. The van der Waals surface area contributed by atoms with Crippen LogP contribution in [0.15, 0.2) is 97.1 Å². The van der Waals surface area contributed by atoms with Crippen molar-refractivity contribution in [3.05, 3.63) is 113 Å². The van der Waals surface area contributed by atoms with Crippen LogP contribution >= 0.6 is 22.9 Å². The molecule has 7 heteroatoms. The van der Waals surface area contributed by atoms with Gasteiger partial charge in [0.2, 0.25) is 5.75 Å². The normalized spacial score (nSPS) is 11.3. The van der Waals surface area contributed by atoms with Crippen molar-refractivity contribution in [2.75, 3.05) is 21.3 Å². The summed E-state index contributed by atoms with van der Waals surface area (Å²) in [7, 11) is 4.84. The third-order valence-corrected chi connectivity index (χ3v) is 8.18. The van der Waals surface area contributed by atoms with Crippen molar-refractivity contribution < 1.29 is 14.2 Å². The van der Waals surface area contributed by atoms with Crippen LogP contribution in [0.2, 0.25) is 5.02 Å². The number of thiazole rings is 1. The van der Waals surface area contributed by atoms with Crippen molar-refractivity contribution in [3.63, 3.8) is 0 Å². The van der Waals surface area contributed by atoms with Gasteiger partial charge in [0.15, 0.2) is 16.5 Å². The highest BCUT2D eigenvalue weighted by molar-refractivity contribution is 7.21. The molecule has 0 spiro atoms. The fourth-order valence-electron chi connectivity index (χ4n) is 4.93. The van der Waals surface area contributed by atoms with Crippen molar-refractivity contribution in [1.82, 2.24) is 9.38 Å². The number of benzene rings is 4. The number of hydrogen-bond donors (Lipinski definition) is 0. The minimum Gasteiger partial charge on any atom is -0.493 e. The van der Waals surface area contributed by atoms with Crippen LogP contribution in [-0.2, 0) is 0 Å². The molecular formula is C34H27ClN2O3S. The second kappa shape index (κ2) is 11.5. The fourth-order valence-corrected chi connectivity index (χ4v) is 6.21. The summed E-state index contributed by atoms with van der Waals surface area (Å²) in [5, 5.41) is 0.681. The molecule has 0 amide bonds. The third-order valence-electron chi connectivity index (χ3n) is 6.84. The second-order valence-electron chi connectivity index (χ2n) is 9.27. The summed E-state index contributed by atoms with van der Waals surface area (Å²) in [5.41, 5.74) is 7.05. The van der Waals surface area contributed by atoms with Crippen molar-refractivity contribution in [3.8, 4) is 50.2 Å². The Hall–Kier alpha value is -4.52. The van der Waals surface area contributed by atoms with Gasteiger partial charge in [0.1, 0.15) is 0 Å². The van der Waals surface area contributed by atoms with E-state index in [0.717, 1.165) is 49.2 Å². The minimum atomic E-state index is 0.553. The largest absolute Gasteiger partial charge is 0.493 e. The highest BCUT2D eigenvalue weighted by Crippen LogP contribution is 2.43. The highest BCUT2D eigenvalue weighted by atomic mass is 35.5. The molecule has 0 saturated heterocycles. The lowest BCUT2D eigenvalue weighted by Crippen LogP contribution is -1.95. The van der Waals surface area contributed by atoms with Crippen LogP contribution in [0.3, 0.4) is 0 Å². The van der Waals surface area contributed by atoms with Crippen LogP contribution in [0, 0.1) is 0 Å².